The maximum absolute atomic E-state index is 9.35. The molecule has 1 heterocycles. The van der Waals surface area contributed by atoms with E-state index in [1.165, 1.54) is 17.5 Å². The number of benzene rings is 2. The zero-order chi connectivity index (χ0) is 18.2. The van der Waals surface area contributed by atoms with Crippen LogP contribution in [0.15, 0.2) is 59.6 Å². The van der Waals surface area contributed by atoms with Crippen molar-refractivity contribution >= 4 is 5.96 Å². The SMILES string of the molecule is CCNC(=NCCCc1ccc(O)cc1)N1CCC(c2ccccc2)C1. The molecule has 0 aliphatic carbocycles. The summed E-state index contributed by atoms with van der Waals surface area (Å²) in [6.45, 7) is 5.92. The van der Waals surface area contributed by atoms with Crippen LogP contribution in [0.4, 0.5) is 0 Å². The molecule has 0 spiro atoms. The van der Waals surface area contributed by atoms with Gasteiger partial charge in [-0.3, -0.25) is 4.99 Å². The smallest absolute Gasteiger partial charge is 0.193 e. The summed E-state index contributed by atoms with van der Waals surface area (Å²) in [5.74, 6) is 1.96. The zero-order valence-electron chi connectivity index (χ0n) is 15.6. The Balaban J connectivity index is 1.53. The second-order valence-electron chi connectivity index (χ2n) is 6.85. The van der Waals surface area contributed by atoms with E-state index in [1.54, 1.807) is 12.1 Å². The Hall–Kier alpha value is -2.49. The van der Waals surface area contributed by atoms with Crippen LogP contribution in [0.25, 0.3) is 0 Å². The van der Waals surface area contributed by atoms with Gasteiger partial charge in [0.15, 0.2) is 5.96 Å². The average Bonchev–Trinajstić information content (AvgIpc) is 3.16. The summed E-state index contributed by atoms with van der Waals surface area (Å²) in [5.41, 5.74) is 2.67. The van der Waals surface area contributed by atoms with E-state index in [1.807, 2.05) is 12.1 Å². The lowest BCUT2D eigenvalue weighted by molar-refractivity contribution is 0.475. The number of nitrogens with zero attached hydrogens (tertiary/aromatic N) is 2. The third-order valence-corrected chi connectivity index (χ3v) is 4.92. The number of aliphatic imine (C=N–C) groups is 1. The molecule has 1 saturated heterocycles. The summed E-state index contributed by atoms with van der Waals surface area (Å²) >= 11 is 0. The van der Waals surface area contributed by atoms with E-state index in [-0.39, 0.29) is 0 Å². The number of hydrogen-bond acceptors (Lipinski definition) is 2. The molecule has 1 aliphatic rings. The van der Waals surface area contributed by atoms with Gasteiger partial charge in [-0.15, -0.1) is 0 Å². The first-order valence-corrected chi connectivity index (χ1v) is 9.62. The van der Waals surface area contributed by atoms with E-state index in [4.69, 9.17) is 4.99 Å². The van der Waals surface area contributed by atoms with Crippen LogP contribution in [0, 0.1) is 0 Å². The first-order valence-electron chi connectivity index (χ1n) is 9.62. The Morgan fingerprint density at radius 2 is 1.92 bits per heavy atom. The standard InChI is InChI=1S/C22H29N3O/c1-2-23-22(24-15-6-7-18-10-12-21(26)13-11-18)25-16-14-20(17-25)19-8-4-3-5-9-19/h3-5,8-13,20,26H,2,6-7,14-17H2,1H3,(H,23,24). The summed E-state index contributed by atoms with van der Waals surface area (Å²) in [6.07, 6.45) is 3.17. The number of phenols is 1. The number of aromatic hydroxyl groups is 1. The van der Waals surface area contributed by atoms with Crippen molar-refractivity contribution in [2.24, 2.45) is 4.99 Å². The predicted molar refractivity (Wildman–Crippen MR) is 108 cm³/mol. The summed E-state index contributed by atoms with van der Waals surface area (Å²) in [7, 11) is 0. The number of hydrogen-bond donors (Lipinski definition) is 2. The van der Waals surface area contributed by atoms with E-state index >= 15 is 0 Å². The Labute approximate surface area is 156 Å². The molecule has 0 radical (unpaired) electrons. The minimum absolute atomic E-state index is 0.322. The molecule has 4 heteroatoms. The lowest BCUT2D eigenvalue weighted by Crippen LogP contribution is -2.40. The summed E-state index contributed by atoms with van der Waals surface area (Å²) < 4.78 is 0. The van der Waals surface area contributed by atoms with Crippen LogP contribution in [0.3, 0.4) is 0 Å². The van der Waals surface area contributed by atoms with Crippen molar-refractivity contribution in [3.8, 4) is 5.75 Å². The maximum Gasteiger partial charge on any atom is 0.193 e. The maximum atomic E-state index is 9.35. The fourth-order valence-corrected chi connectivity index (χ4v) is 3.51. The van der Waals surface area contributed by atoms with Crippen molar-refractivity contribution in [2.75, 3.05) is 26.2 Å². The van der Waals surface area contributed by atoms with Crippen LogP contribution in [-0.2, 0) is 6.42 Å². The normalized spacial score (nSPS) is 17.5. The van der Waals surface area contributed by atoms with E-state index in [0.717, 1.165) is 45.0 Å². The molecule has 26 heavy (non-hydrogen) atoms. The van der Waals surface area contributed by atoms with Gasteiger partial charge in [-0.25, -0.2) is 0 Å². The van der Waals surface area contributed by atoms with Gasteiger partial charge >= 0.3 is 0 Å². The Bertz CT molecular complexity index is 697. The number of aryl methyl sites for hydroxylation is 1. The van der Waals surface area contributed by atoms with Gasteiger partial charge in [0.25, 0.3) is 0 Å². The van der Waals surface area contributed by atoms with Crippen molar-refractivity contribution in [3.05, 3.63) is 65.7 Å². The van der Waals surface area contributed by atoms with E-state index < -0.39 is 0 Å². The molecule has 4 nitrogen and oxygen atoms in total. The molecule has 2 aromatic rings. The van der Waals surface area contributed by atoms with Crippen molar-refractivity contribution in [2.45, 2.75) is 32.1 Å². The van der Waals surface area contributed by atoms with Gasteiger partial charge in [-0.05, 0) is 49.4 Å². The minimum Gasteiger partial charge on any atom is -0.508 e. The monoisotopic (exact) mass is 351 g/mol. The van der Waals surface area contributed by atoms with Gasteiger partial charge in [-0.1, -0.05) is 42.5 Å². The van der Waals surface area contributed by atoms with Crippen LogP contribution in [-0.4, -0.2) is 42.1 Å². The van der Waals surface area contributed by atoms with Gasteiger partial charge in [0.05, 0.1) is 0 Å². The van der Waals surface area contributed by atoms with Crippen LogP contribution in [0.1, 0.15) is 36.8 Å². The molecule has 0 bridgehead atoms. The molecule has 2 aromatic carbocycles. The lowest BCUT2D eigenvalue weighted by Gasteiger charge is -2.21. The van der Waals surface area contributed by atoms with Crippen LogP contribution >= 0.6 is 0 Å². The molecule has 0 saturated carbocycles. The number of rotatable bonds is 6. The quantitative estimate of drug-likeness (QED) is 0.473. The van der Waals surface area contributed by atoms with Gasteiger partial charge in [0.2, 0.25) is 0 Å². The Morgan fingerprint density at radius 3 is 2.65 bits per heavy atom. The topological polar surface area (TPSA) is 47.9 Å². The van der Waals surface area contributed by atoms with Crippen LogP contribution in [0.2, 0.25) is 0 Å². The third-order valence-electron chi connectivity index (χ3n) is 4.92. The van der Waals surface area contributed by atoms with Gasteiger partial charge < -0.3 is 15.3 Å². The molecule has 138 valence electrons. The van der Waals surface area contributed by atoms with E-state index in [0.29, 0.717) is 11.7 Å². The Morgan fingerprint density at radius 1 is 1.15 bits per heavy atom. The number of guanidine groups is 1. The second-order valence-corrected chi connectivity index (χ2v) is 6.85. The van der Waals surface area contributed by atoms with Crippen LogP contribution < -0.4 is 5.32 Å². The van der Waals surface area contributed by atoms with Gasteiger partial charge in [0.1, 0.15) is 5.75 Å². The fourth-order valence-electron chi connectivity index (χ4n) is 3.51. The molecule has 1 fully saturated rings. The van der Waals surface area contributed by atoms with E-state index in [2.05, 4.69) is 47.5 Å². The largest absolute Gasteiger partial charge is 0.508 e. The van der Waals surface area contributed by atoms with Crippen LogP contribution in [0.5, 0.6) is 5.75 Å². The van der Waals surface area contributed by atoms with Crippen molar-refractivity contribution < 1.29 is 5.11 Å². The third kappa shape index (κ3) is 5.01. The molecular formula is C22H29N3O. The Kier molecular flexibility index (Phi) is 6.53. The van der Waals surface area contributed by atoms with E-state index in [9.17, 15) is 5.11 Å². The molecular weight excluding hydrogens is 322 g/mol. The number of likely N-dealkylation sites (tertiary alicyclic amines) is 1. The average molecular weight is 351 g/mol. The highest BCUT2D eigenvalue weighted by atomic mass is 16.3. The molecule has 3 rings (SSSR count). The lowest BCUT2D eigenvalue weighted by atomic mass is 9.99. The second kappa shape index (κ2) is 9.27. The zero-order valence-corrected chi connectivity index (χ0v) is 15.6. The van der Waals surface area contributed by atoms with Gasteiger partial charge in [0, 0.05) is 32.1 Å². The summed E-state index contributed by atoms with van der Waals surface area (Å²) in [6, 6.07) is 18.3. The highest BCUT2D eigenvalue weighted by molar-refractivity contribution is 5.80. The highest BCUT2D eigenvalue weighted by Gasteiger charge is 2.25. The molecule has 0 aromatic heterocycles. The number of phenolic OH excluding ortho intramolecular Hbond substituents is 1. The minimum atomic E-state index is 0.322. The molecule has 0 amide bonds. The van der Waals surface area contributed by atoms with Crippen molar-refractivity contribution in [3.63, 3.8) is 0 Å². The van der Waals surface area contributed by atoms with Gasteiger partial charge in [-0.2, -0.15) is 0 Å². The number of nitrogens with one attached hydrogen (secondary N) is 1. The summed E-state index contributed by atoms with van der Waals surface area (Å²) in [4.78, 5) is 7.23. The van der Waals surface area contributed by atoms with Crippen molar-refractivity contribution in [1.29, 1.82) is 0 Å². The molecule has 1 atom stereocenters. The molecule has 1 aliphatic heterocycles. The first-order chi connectivity index (χ1) is 12.8. The van der Waals surface area contributed by atoms with Crippen molar-refractivity contribution in [1.82, 2.24) is 10.2 Å². The summed E-state index contributed by atoms with van der Waals surface area (Å²) in [5, 5.41) is 12.8. The molecule has 2 N–H and O–H groups in total. The highest BCUT2D eigenvalue weighted by Crippen LogP contribution is 2.26. The molecule has 1 unspecified atom stereocenters. The first kappa shape index (κ1) is 18.3. The fraction of sp³-hybridized carbons (Fsp3) is 0.409. The predicted octanol–water partition coefficient (Wildman–Crippen LogP) is 3.78.